The molecule has 1 amide bonds. The first-order valence-corrected chi connectivity index (χ1v) is 13.6. The van der Waals surface area contributed by atoms with E-state index in [1.807, 2.05) is 23.9 Å². The van der Waals surface area contributed by atoms with E-state index in [4.69, 9.17) is 16.6 Å². The van der Waals surface area contributed by atoms with Crippen LogP contribution in [0.5, 0.6) is 0 Å². The molecule has 0 bridgehead atoms. The molecule has 8 heteroatoms. The Kier molecular flexibility index (Phi) is 12.9. The zero-order valence-corrected chi connectivity index (χ0v) is 23.4. The van der Waals surface area contributed by atoms with Crippen LogP contribution >= 0.6 is 0 Å². The molecular weight excluding hydrogens is 462 g/mol. The number of carbonyl (C=O) groups excluding carboxylic acids is 1. The van der Waals surface area contributed by atoms with Gasteiger partial charge in [-0.1, -0.05) is 39.3 Å². The van der Waals surface area contributed by atoms with Crippen LogP contribution in [0.15, 0.2) is 52.3 Å². The quantitative estimate of drug-likeness (QED) is 0.131. The summed E-state index contributed by atoms with van der Waals surface area (Å²) < 4.78 is 0. The highest BCUT2D eigenvalue weighted by Crippen LogP contribution is 2.19. The summed E-state index contributed by atoms with van der Waals surface area (Å²) in [5.41, 5.74) is 17.0. The van der Waals surface area contributed by atoms with E-state index in [1.54, 1.807) is 0 Å². The molecule has 1 aliphatic rings. The van der Waals surface area contributed by atoms with Gasteiger partial charge in [0.2, 0.25) is 5.91 Å². The van der Waals surface area contributed by atoms with Gasteiger partial charge >= 0.3 is 0 Å². The lowest BCUT2D eigenvalue weighted by atomic mass is 9.96. The number of amides is 1. The van der Waals surface area contributed by atoms with Crippen molar-refractivity contribution in [3.8, 4) is 0 Å². The molecule has 1 aliphatic heterocycles. The van der Waals surface area contributed by atoms with Gasteiger partial charge in [-0.2, -0.15) is 5.10 Å². The lowest BCUT2D eigenvalue weighted by Crippen LogP contribution is -2.48. The topological polar surface area (TPSA) is 104 Å². The van der Waals surface area contributed by atoms with E-state index in [-0.39, 0.29) is 5.91 Å². The summed E-state index contributed by atoms with van der Waals surface area (Å²) in [7, 11) is 2.02. The Morgan fingerprint density at radius 3 is 2.24 bits per heavy atom. The van der Waals surface area contributed by atoms with Crippen LogP contribution in [-0.4, -0.2) is 79.1 Å². The molecule has 1 aromatic carbocycles. The second kappa shape index (κ2) is 15.9. The lowest BCUT2D eigenvalue weighted by molar-refractivity contribution is -0.127. The number of piperazine rings is 1. The second-order valence-electron chi connectivity index (χ2n) is 9.65. The Balaban J connectivity index is 1.93. The van der Waals surface area contributed by atoms with Gasteiger partial charge in [0.05, 0.1) is 12.1 Å². The monoisotopic (exact) mass is 509 g/mol. The maximum absolute atomic E-state index is 11.7. The average Bonchev–Trinajstić information content (AvgIpc) is 2.92. The fourth-order valence-corrected chi connectivity index (χ4v) is 4.53. The number of hydrogen-bond acceptors (Lipinski definition) is 6. The van der Waals surface area contributed by atoms with Crippen LogP contribution in [0.4, 0.5) is 0 Å². The Morgan fingerprint density at radius 2 is 1.68 bits per heavy atom. The van der Waals surface area contributed by atoms with Gasteiger partial charge in [-0.15, -0.1) is 0 Å². The Bertz CT molecular complexity index is 952. The van der Waals surface area contributed by atoms with Crippen LogP contribution in [0.2, 0.25) is 0 Å². The molecule has 0 saturated carbocycles. The van der Waals surface area contributed by atoms with Crippen molar-refractivity contribution in [2.45, 2.75) is 59.3 Å². The number of aryl methyl sites for hydroxylation is 2. The van der Waals surface area contributed by atoms with Crippen LogP contribution in [-0.2, 0) is 17.6 Å². The van der Waals surface area contributed by atoms with E-state index in [2.05, 4.69) is 48.5 Å². The zero-order valence-electron chi connectivity index (χ0n) is 23.4. The van der Waals surface area contributed by atoms with Crippen LogP contribution in [0.1, 0.15) is 63.1 Å². The van der Waals surface area contributed by atoms with E-state index in [9.17, 15) is 4.79 Å². The third-order valence-electron chi connectivity index (χ3n) is 6.93. The van der Waals surface area contributed by atoms with Crippen LogP contribution in [0.25, 0.3) is 0 Å². The van der Waals surface area contributed by atoms with E-state index in [1.165, 1.54) is 36.4 Å². The first kappa shape index (κ1) is 30.1. The number of aliphatic imine (C=N–C) groups is 1. The fourth-order valence-electron chi connectivity index (χ4n) is 4.53. The number of carbonyl (C=O) groups is 1. The van der Waals surface area contributed by atoms with Crippen molar-refractivity contribution < 1.29 is 4.79 Å². The summed E-state index contributed by atoms with van der Waals surface area (Å²) in [6.07, 6.45) is 9.15. The summed E-state index contributed by atoms with van der Waals surface area (Å²) in [6, 6.07) is 6.65. The highest BCUT2D eigenvalue weighted by molar-refractivity contribution is 6.12. The van der Waals surface area contributed by atoms with Gasteiger partial charge in [0.1, 0.15) is 5.82 Å². The summed E-state index contributed by atoms with van der Waals surface area (Å²) in [6.45, 7) is 15.3. The minimum atomic E-state index is 0.0407. The van der Waals surface area contributed by atoms with Gasteiger partial charge in [-0.3, -0.25) is 14.7 Å². The molecule has 0 aromatic heterocycles. The highest BCUT2D eigenvalue weighted by atomic mass is 16.2. The molecule has 1 aromatic rings. The molecule has 1 heterocycles. The summed E-state index contributed by atoms with van der Waals surface area (Å²) in [5.74, 6) is 0.420. The molecule has 0 radical (unpaired) electrons. The third kappa shape index (κ3) is 9.69. The van der Waals surface area contributed by atoms with Crippen molar-refractivity contribution in [3.05, 3.63) is 58.9 Å². The van der Waals surface area contributed by atoms with Crippen molar-refractivity contribution in [1.82, 2.24) is 14.8 Å². The van der Waals surface area contributed by atoms with E-state index < -0.39 is 0 Å². The number of rotatable bonds is 14. The maximum Gasteiger partial charge on any atom is 0.246 e. The lowest BCUT2D eigenvalue weighted by Gasteiger charge is -2.34. The summed E-state index contributed by atoms with van der Waals surface area (Å²) >= 11 is 0. The number of allylic oxidation sites excluding steroid dienone is 1. The van der Waals surface area contributed by atoms with Gasteiger partial charge in [0.25, 0.3) is 0 Å². The zero-order chi connectivity index (χ0) is 27.2. The van der Waals surface area contributed by atoms with E-state index in [0.29, 0.717) is 5.82 Å². The van der Waals surface area contributed by atoms with Gasteiger partial charge in [-0.05, 0) is 68.5 Å². The van der Waals surface area contributed by atoms with Gasteiger partial charge in [0.15, 0.2) is 0 Å². The molecule has 0 atom stereocenters. The van der Waals surface area contributed by atoms with Gasteiger partial charge < -0.3 is 16.4 Å². The molecular formula is C29H47N7O. The molecule has 4 N–H and O–H groups in total. The Morgan fingerprint density at radius 1 is 1.05 bits per heavy atom. The van der Waals surface area contributed by atoms with Crippen molar-refractivity contribution in [2.75, 3.05) is 46.3 Å². The standard InChI is InChI=1S/C29H47N7O/c1-6-24-19-25(7-2)21-26(20-24)28(23(4)29(31)32-22-30)33-34(5)13-11-9-10-12-14-35-15-17-36(18-16-35)27(37)8-3/h8,19-22H,3,6-7,9-18,31H2,1-2,4-5H3,(H2,30,32)/b29-23+,33-28+. The number of benzene rings is 1. The number of nitrogens with zero attached hydrogens (tertiary/aromatic N) is 5. The molecule has 37 heavy (non-hydrogen) atoms. The molecule has 2 rings (SSSR count). The predicted molar refractivity (Wildman–Crippen MR) is 156 cm³/mol. The van der Waals surface area contributed by atoms with Crippen molar-refractivity contribution in [2.24, 2.45) is 21.6 Å². The molecule has 204 valence electrons. The van der Waals surface area contributed by atoms with E-state index >= 15 is 0 Å². The van der Waals surface area contributed by atoms with Crippen molar-refractivity contribution in [3.63, 3.8) is 0 Å². The molecule has 0 aliphatic carbocycles. The largest absolute Gasteiger partial charge is 0.390 e. The molecule has 1 saturated heterocycles. The number of hydrazone groups is 1. The minimum Gasteiger partial charge on any atom is -0.390 e. The van der Waals surface area contributed by atoms with Gasteiger partial charge in [-0.25, -0.2) is 4.99 Å². The number of hydrogen-bond donors (Lipinski definition) is 2. The molecule has 1 fully saturated rings. The smallest absolute Gasteiger partial charge is 0.246 e. The third-order valence-corrected chi connectivity index (χ3v) is 6.93. The van der Waals surface area contributed by atoms with Crippen LogP contribution < -0.4 is 11.5 Å². The first-order chi connectivity index (χ1) is 17.8. The van der Waals surface area contributed by atoms with Crippen LogP contribution in [0.3, 0.4) is 0 Å². The highest BCUT2D eigenvalue weighted by Gasteiger charge is 2.18. The summed E-state index contributed by atoms with van der Waals surface area (Å²) in [5, 5.41) is 6.98. The van der Waals surface area contributed by atoms with Gasteiger partial charge in [0, 0.05) is 50.9 Å². The van der Waals surface area contributed by atoms with Crippen molar-refractivity contribution >= 4 is 18.0 Å². The normalized spacial score (nSPS) is 15.7. The van der Waals surface area contributed by atoms with Crippen LogP contribution in [0, 0.1) is 0 Å². The summed E-state index contributed by atoms with van der Waals surface area (Å²) in [4.78, 5) is 20.1. The maximum atomic E-state index is 11.7. The fraction of sp³-hybridized carbons (Fsp3) is 0.552. The number of unbranched alkanes of at least 4 members (excludes halogenated alkanes) is 3. The minimum absolute atomic E-state index is 0.0407. The molecule has 0 spiro atoms. The Hall–Kier alpha value is -3.13. The Labute approximate surface area is 223 Å². The first-order valence-electron chi connectivity index (χ1n) is 13.6. The second-order valence-corrected chi connectivity index (χ2v) is 9.65. The SMILES string of the molecule is C=CC(=O)N1CCN(CCCCCCN(C)\N=C(/C(C)=C(N)/N=C\N)c2cc(CC)cc(CC)c2)CC1. The molecule has 8 nitrogen and oxygen atoms in total. The number of nitrogens with two attached hydrogens (primary N) is 2. The van der Waals surface area contributed by atoms with E-state index in [0.717, 1.165) is 81.8 Å². The molecule has 0 unspecified atom stereocenters. The average molecular weight is 510 g/mol. The predicted octanol–water partition coefficient (Wildman–Crippen LogP) is 3.52. The van der Waals surface area contributed by atoms with Crippen molar-refractivity contribution in [1.29, 1.82) is 0 Å².